The lowest BCUT2D eigenvalue weighted by Crippen LogP contribution is -2.15. The van der Waals surface area contributed by atoms with E-state index in [0.29, 0.717) is 23.1 Å². The molecule has 0 spiro atoms. The molecule has 25 heavy (non-hydrogen) atoms. The van der Waals surface area contributed by atoms with Crippen LogP contribution < -0.4 is 4.74 Å². The van der Waals surface area contributed by atoms with Crippen LogP contribution in [0.1, 0.15) is 17.9 Å². The predicted molar refractivity (Wildman–Crippen MR) is 104 cm³/mol. The Morgan fingerprint density at radius 2 is 1.80 bits per heavy atom. The molecule has 2 aromatic carbocycles. The molecule has 1 unspecified atom stereocenters. The fourth-order valence-corrected chi connectivity index (χ4v) is 3.46. The summed E-state index contributed by atoms with van der Waals surface area (Å²) in [4.78, 5) is 0. The van der Waals surface area contributed by atoms with E-state index < -0.39 is 10.1 Å². The van der Waals surface area contributed by atoms with Gasteiger partial charge in [-0.1, -0.05) is 45.2 Å². The predicted octanol–water partition coefficient (Wildman–Crippen LogP) is 5.28. The van der Waals surface area contributed by atoms with Crippen LogP contribution in [0.15, 0.2) is 46.9 Å². The summed E-state index contributed by atoms with van der Waals surface area (Å²) < 4.78 is 34.3. The molecule has 0 radical (unpaired) electrons. The zero-order chi connectivity index (χ0) is 18.4. The van der Waals surface area contributed by atoms with Crippen LogP contribution in [0.3, 0.4) is 0 Å². The van der Waals surface area contributed by atoms with Crippen molar-refractivity contribution in [3.05, 3.63) is 62.5 Å². The van der Waals surface area contributed by atoms with Crippen molar-refractivity contribution >= 4 is 49.2 Å². The third-order valence-corrected chi connectivity index (χ3v) is 5.09. The molecular formula is C17H17BrCl2O4S. The first kappa shape index (κ1) is 20.5. The van der Waals surface area contributed by atoms with Crippen molar-refractivity contribution in [1.29, 1.82) is 0 Å². The Labute approximate surface area is 166 Å². The number of ether oxygens (including phenoxy) is 1. The van der Waals surface area contributed by atoms with Crippen molar-refractivity contribution in [2.45, 2.75) is 12.3 Å². The first-order chi connectivity index (χ1) is 11.7. The van der Waals surface area contributed by atoms with Crippen LogP contribution in [0.5, 0.6) is 5.75 Å². The summed E-state index contributed by atoms with van der Waals surface area (Å²) in [7, 11) is -3.55. The first-order valence-corrected chi connectivity index (χ1v) is 10.8. The van der Waals surface area contributed by atoms with E-state index in [1.807, 2.05) is 24.3 Å². The van der Waals surface area contributed by atoms with Gasteiger partial charge in [0.1, 0.15) is 5.75 Å². The smallest absolute Gasteiger partial charge is 0.264 e. The van der Waals surface area contributed by atoms with Crippen molar-refractivity contribution in [3.63, 3.8) is 0 Å². The zero-order valence-electron chi connectivity index (χ0n) is 13.4. The third kappa shape index (κ3) is 7.15. The second-order valence-electron chi connectivity index (χ2n) is 5.44. The molecule has 0 aliphatic carbocycles. The molecule has 0 fully saturated rings. The summed E-state index contributed by atoms with van der Waals surface area (Å²) >= 11 is 15.5. The number of benzene rings is 2. The van der Waals surface area contributed by atoms with Crippen LogP contribution in [-0.4, -0.2) is 27.9 Å². The minimum absolute atomic E-state index is 0.0100. The van der Waals surface area contributed by atoms with Gasteiger partial charge >= 0.3 is 0 Å². The molecule has 1 atom stereocenters. The van der Waals surface area contributed by atoms with Gasteiger partial charge in [0.15, 0.2) is 0 Å². The van der Waals surface area contributed by atoms with Gasteiger partial charge in [0.2, 0.25) is 0 Å². The van der Waals surface area contributed by atoms with Crippen LogP contribution in [-0.2, 0) is 14.3 Å². The minimum Gasteiger partial charge on any atom is -0.494 e. The average molecular weight is 468 g/mol. The molecule has 0 amide bonds. The maximum absolute atomic E-state index is 11.3. The number of halogens is 3. The van der Waals surface area contributed by atoms with Gasteiger partial charge in [0, 0.05) is 20.4 Å². The van der Waals surface area contributed by atoms with Gasteiger partial charge in [-0.3, -0.25) is 4.18 Å². The highest BCUT2D eigenvalue weighted by atomic mass is 79.9. The maximum atomic E-state index is 11.3. The molecule has 0 bridgehead atoms. The van der Waals surface area contributed by atoms with Gasteiger partial charge in [0.05, 0.1) is 19.5 Å². The lowest BCUT2D eigenvalue weighted by molar-refractivity contribution is 0.248. The summed E-state index contributed by atoms with van der Waals surface area (Å²) in [6.45, 7) is 0.377. The van der Waals surface area contributed by atoms with Gasteiger partial charge in [0.25, 0.3) is 10.1 Å². The van der Waals surface area contributed by atoms with Gasteiger partial charge < -0.3 is 4.74 Å². The molecule has 0 saturated carbocycles. The molecule has 136 valence electrons. The van der Waals surface area contributed by atoms with Gasteiger partial charge in [-0.2, -0.15) is 8.42 Å². The Morgan fingerprint density at radius 1 is 1.12 bits per heavy atom. The second kappa shape index (κ2) is 9.24. The molecule has 0 aliphatic heterocycles. The Hall–Kier alpha value is -0.790. The monoisotopic (exact) mass is 466 g/mol. The number of hydrogen-bond acceptors (Lipinski definition) is 4. The Balaban J connectivity index is 2.06. The molecule has 2 aromatic rings. The van der Waals surface area contributed by atoms with Crippen LogP contribution in [0.2, 0.25) is 10.0 Å². The van der Waals surface area contributed by atoms with Crippen LogP contribution in [0.4, 0.5) is 0 Å². The van der Waals surface area contributed by atoms with E-state index in [1.165, 1.54) is 0 Å². The van der Waals surface area contributed by atoms with Crippen molar-refractivity contribution in [1.82, 2.24) is 0 Å². The fourth-order valence-electron chi connectivity index (χ4n) is 2.22. The molecule has 0 N–H and O–H groups in total. The molecule has 2 rings (SSSR count). The highest BCUT2D eigenvalue weighted by Crippen LogP contribution is 2.30. The molecule has 0 heterocycles. The average Bonchev–Trinajstić information content (AvgIpc) is 2.52. The zero-order valence-corrected chi connectivity index (χ0v) is 17.3. The van der Waals surface area contributed by atoms with E-state index in [2.05, 4.69) is 15.9 Å². The first-order valence-electron chi connectivity index (χ1n) is 7.42. The standard InChI is InChI=1S/C17H17BrCl2O4S/c1-25(21,22)24-11-12(16-7-4-14(19)10-17(16)20)8-9-23-15-5-2-13(18)3-6-15/h2-7,10,12H,8-9,11H2,1H3. The normalized spacial score (nSPS) is 12.8. The SMILES string of the molecule is CS(=O)(=O)OCC(CCOc1ccc(Br)cc1)c1ccc(Cl)cc1Cl. The van der Waals surface area contributed by atoms with E-state index >= 15 is 0 Å². The summed E-state index contributed by atoms with van der Waals surface area (Å²) in [5.41, 5.74) is 0.772. The van der Waals surface area contributed by atoms with E-state index in [4.69, 9.17) is 32.1 Å². The fraction of sp³-hybridized carbons (Fsp3) is 0.294. The molecule has 0 aromatic heterocycles. The Kier molecular flexibility index (Phi) is 7.58. The number of hydrogen-bond donors (Lipinski definition) is 0. The number of rotatable bonds is 8. The molecule has 8 heteroatoms. The summed E-state index contributed by atoms with van der Waals surface area (Å²) in [6, 6.07) is 12.6. The topological polar surface area (TPSA) is 52.6 Å². The van der Waals surface area contributed by atoms with E-state index in [9.17, 15) is 8.42 Å². The summed E-state index contributed by atoms with van der Waals surface area (Å²) in [6.07, 6.45) is 1.55. The molecule has 4 nitrogen and oxygen atoms in total. The van der Waals surface area contributed by atoms with Crippen LogP contribution >= 0.6 is 39.1 Å². The largest absolute Gasteiger partial charge is 0.494 e. The summed E-state index contributed by atoms with van der Waals surface area (Å²) in [5.74, 6) is 0.489. The second-order valence-corrected chi connectivity index (χ2v) is 8.85. The lowest BCUT2D eigenvalue weighted by Gasteiger charge is -2.19. The van der Waals surface area contributed by atoms with E-state index in [0.717, 1.165) is 22.0 Å². The summed E-state index contributed by atoms with van der Waals surface area (Å²) in [5, 5.41) is 0.987. The Bertz CT molecular complexity index is 810. The highest BCUT2D eigenvalue weighted by molar-refractivity contribution is 9.10. The highest BCUT2D eigenvalue weighted by Gasteiger charge is 2.18. The van der Waals surface area contributed by atoms with E-state index in [1.54, 1.807) is 18.2 Å². The quantitative estimate of drug-likeness (QED) is 0.495. The minimum atomic E-state index is -3.55. The molecular weight excluding hydrogens is 451 g/mol. The van der Waals surface area contributed by atoms with Gasteiger partial charge in [-0.15, -0.1) is 0 Å². The Morgan fingerprint density at radius 3 is 2.40 bits per heavy atom. The van der Waals surface area contributed by atoms with Crippen molar-refractivity contribution in [3.8, 4) is 5.75 Å². The maximum Gasteiger partial charge on any atom is 0.264 e. The lowest BCUT2D eigenvalue weighted by atomic mass is 9.97. The van der Waals surface area contributed by atoms with Crippen LogP contribution in [0, 0.1) is 0 Å². The van der Waals surface area contributed by atoms with Crippen molar-refractivity contribution in [2.75, 3.05) is 19.5 Å². The van der Waals surface area contributed by atoms with Crippen LogP contribution in [0.25, 0.3) is 0 Å². The van der Waals surface area contributed by atoms with Gasteiger partial charge in [-0.25, -0.2) is 0 Å². The third-order valence-electron chi connectivity index (χ3n) is 3.43. The van der Waals surface area contributed by atoms with Gasteiger partial charge in [-0.05, 0) is 48.4 Å². The van der Waals surface area contributed by atoms with Crippen molar-refractivity contribution < 1.29 is 17.3 Å². The molecule has 0 saturated heterocycles. The van der Waals surface area contributed by atoms with E-state index in [-0.39, 0.29) is 12.5 Å². The van der Waals surface area contributed by atoms with Crippen molar-refractivity contribution in [2.24, 2.45) is 0 Å². The molecule has 0 aliphatic rings.